The van der Waals surface area contributed by atoms with Gasteiger partial charge in [-0.05, 0) is 50.7 Å². The predicted molar refractivity (Wildman–Crippen MR) is 91.7 cm³/mol. The third kappa shape index (κ3) is 4.02. The van der Waals surface area contributed by atoms with E-state index in [9.17, 15) is 4.79 Å². The van der Waals surface area contributed by atoms with Crippen molar-refractivity contribution in [3.63, 3.8) is 0 Å². The zero-order valence-corrected chi connectivity index (χ0v) is 14.0. The van der Waals surface area contributed by atoms with Crippen LogP contribution in [0.4, 0.5) is 11.5 Å². The number of hydrogen-bond acceptors (Lipinski definition) is 4. The number of anilines is 2. The molecule has 1 aromatic heterocycles. The van der Waals surface area contributed by atoms with Gasteiger partial charge < -0.3 is 15.0 Å². The Balaban J connectivity index is 1.61. The summed E-state index contributed by atoms with van der Waals surface area (Å²) in [5.41, 5.74) is 0.787. The number of carbonyl (C=O) groups excluding carboxylic acids is 1. The smallest absolute Gasteiger partial charge is 0.227 e. The minimum absolute atomic E-state index is 0.0648. The van der Waals surface area contributed by atoms with Crippen molar-refractivity contribution < 1.29 is 9.53 Å². The Hall–Kier alpha value is -1.62. The summed E-state index contributed by atoms with van der Waals surface area (Å²) in [5.74, 6) is 1.18. The minimum atomic E-state index is 0.0648. The summed E-state index contributed by atoms with van der Waals surface area (Å²) in [5, 5.41) is 2.99. The highest BCUT2D eigenvalue weighted by Gasteiger charge is 2.23. The van der Waals surface area contributed by atoms with Gasteiger partial charge in [0.15, 0.2) is 0 Å². The van der Waals surface area contributed by atoms with E-state index in [0.717, 1.165) is 37.3 Å². The van der Waals surface area contributed by atoms with Crippen LogP contribution < -0.4 is 10.2 Å². The number of pyridine rings is 1. The fraction of sp³-hybridized carbons (Fsp3) is 0.667. The van der Waals surface area contributed by atoms with Crippen LogP contribution in [0, 0.1) is 5.92 Å². The van der Waals surface area contributed by atoms with Gasteiger partial charge in [0.25, 0.3) is 0 Å². The van der Waals surface area contributed by atoms with Crippen molar-refractivity contribution in [1.29, 1.82) is 0 Å². The Morgan fingerprint density at radius 1 is 1.30 bits per heavy atom. The van der Waals surface area contributed by atoms with E-state index < -0.39 is 0 Å². The molecule has 5 heteroatoms. The molecule has 5 nitrogen and oxygen atoms in total. The van der Waals surface area contributed by atoms with Crippen LogP contribution in [0.2, 0.25) is 0 Å². The highest BCUT2D eigenvalue weighted by molar-refractivity contribution is 5.92. The number of ether oxygens (including phenoxy) is 1. The van der Waals surface area contributed by atoms with Crippen molar-refractivity contribution in [3.8, 4) is 0 Å². The molecule has 3 heterocycles. The van der Waals surface area contributed by atoms with Gasteiger partial charge in [-0.15, -0.1) is 0 Å². The van der Waals surface area contributed by atoms with Crippen LogP contribution in [0.3, 0.4) is 0 Å². The SMILES string of the molecule is CCC1CCCCN1c1ccc(NC(=O)C2CCOCC2)cn1. The monoisotopic (exact) mass is 317 g/mol. The number of aromatic nitrogens is 1. The second-order valence-electron chi connectivity index (χ2n) is 6.53. The van der Waals surface area contributed by atoms with E-state index in [-0.39, 0.29) is 11.8 Å². The third-order valence-corrected chi connectivity index (χ3v) is 5.00. The highest BCUT2D eigenvalue weighted by atomic mass is 16.5. The molecule has 0 saturated carbocycles. The van der Waals surface area contributed by atoms with Gasteiger partial charge in [-0.3, -0.25) is 4.79 Å². The number of hydrogen-bond donors (Lipinski definition) is 1. The Morgan fingerprint density at radius 3 is 2.83 bits per heavy atom. The van der Waals surface area contributed by atoms with E-state index in [0.29, 0.717) is 19.3 Å². The Bertz CT molecular complexity index is 512. The van der Waals surface area contributed by atoms with E-state index in [4.69, 9.17) is 4.74 Å². The van der Waals surface area contributed by atoms with Gasteiger partial charge in [0.1, 0.15) is 5.82 Å². The normalized spacial score (nSPS) is 22.8. The van der Waals surface area contributed by atoms with E-state index in [1.165, 1.54) is 19.3 Å². The largest absolute Gasteiger partial charge is 0.381 e. The second kappa shape index (κ2) is 7.77. The average Bonchev–Trinajstić information content (AvgIpc) is 2.63. The van der Waals surface area contributed by atoms with E-state index in [2.05, 4.69) is 22.1 Å². The van der Waals surface area contributed by atoms with Crippen LogP contribution in [0.15, 0.2) is 18.3 Å². The number of amides is 1. The zero-order chi connectivity index (χ0) is 16.1. The lowest BCUT2D eigenvalue weighted by molar-refractivity contribution is -0.122. The topological polar surface area (TPSA) is 54.5 Å². The maximum atomic E-state index is 12.2. The Labute approximate surface area is 138 Å². The zero-order valence-electron chi connectivity index (χ0n) is 14.0. The molecule has 2 saturated heterocycles. The number of rotatable bonds is 4. The van der Waals surface area contributed by atoms with Gasteiger partial charge in [-0.2, -0.15) is 0 Å². The molecule has 1 amide bonds. The standard InChI is InChI=1S/C18H27N3O2/c1-2-16-5-3-4-10-21(16)17-7-6-15(13-19-17)20-18(22)14-8-11-23-12-9-14/h6-7,13-14,16H,2-5,8-12H2,1H3,(H,20,22). The highest BCUT2D eigenvalue weighted by Crippen LogP contribution is 2.26. The van der Waals surface area contributed by atoms with Crippen molar-refractivity contribution in [2.75, 3.05) is 30.0 Å². The number of nitrogens with zero attached hydrogens (tertiary/aromatic N) is 2. The van der Waals surface area contributed by atoms with Crippen LogP contribution in [0.25, 0.3) is 0 Å². The molecule has 23 heavy (non-hydrogen) atoms. The van der Waals surface area contributed by atoms with Gasteiger partial charge in [-0.25, -0.2) is 4.98 Å². The first kappa shape index (κ1) is 16.2. The van der Waals surface area contributed by atoms with Crippen LogP contribution in [-0.4, -0.2) is 36.7 Å². The number of nitrogens with one attached hydrogen (secondary N) is 1. The minimum Gasteiger partial charge on any atom is -0.381 e. The lowest BCUT2D eigenvalue weighted by Crippen LogP contribution is -2.39. The quantitative estimate of drug-likeness (QED) is 0.926. The van der Waals surface area contributed by atoms with Gasteiger partial charge >= 0.3 is 0 Å². The van der Waals surface area contributed by atoms with Gasteiger partial charge in [0, 0.05) is 31.7 Å². The fourth-order valence-corrected chi connectivity index (χ4v) is 3.56. The summed E-state index contributed by atoms with van der Waals surface area (Å²) < 4.78 is 5.31. The molecular weight excluding hydrogens is 290 g/mol. The molecule has 0 bridgehead atoms. The van der Waals surface area contributed by atoms with Gasteiger partial charge in [0.2, 0.25) is 5.91 Å². The van der Waals surface area contributed by atoms with E-state index >= 15 is 0 Å². The van der Waals surface area contributed by atoms with Crippen molar-refractivity contribution in [2.24, 2.45) is 5.92 Å². The molecule has 3 rings (SSSR count). The van der Waals surface area contributed by atoms with Crippen molar-refractivity contribution in [1.82, 2.24) is 4.98 Å². The van der Waals surface area contributed by atoms with Crippen LogP contribution in [0.1, 0.15) is 45.4 Å². The van der Waals surface area contributed by atoms with Crippen LogP contribution in [-0.2, 0) is 9.53 Å². The number of carbonyl (C=O) groups is 1. The summed E-state index contributed by atoms with van der Waals surface area (Å²) in [7, 11) is 0. The van der Waals surface area contributed by atoms with Crippen molar-refractivity contribution >= 4 is 17.4 Å². The first-order valence-electron chi connectivity index (χ1n) is 8.89. The summed E-state index contributed by atoms with van der Waals surface area (Å²) in [6.07, 6.45) is 8.36. The number of piperidine rings is 1. The Morgan fingerprint density at radius 2 is 2.13 bits per heavy atom. The molecule has 1 N–H and O–H groups in total. The third-order valence-electron chi connectivity index (χ3n) is 5.00. The molecule has 0 spiro atoms. The first-order chi connectivity index (χ1) is 11.3. The molecule has 1 unspecified atom stereocenters. The van der Waals surface area contributed by atoms with Gasteiger partial charge in [-0.1, -0.05) is 6.92 Å². The van der Waals surface area contributed by atoms with E-state index in [1.807, 2.05) is 12.1 Å². The maximum absolute atomic E-state index is 12.2. The fourth-order valence-electron chi connectivity index (χ4n) is 3.56. The molecule has 1 atom stereocenters. The molecule has 0 radical (unpaired) electrons. The van der Waals surface area contributed by atoms with Crippen LogP contribution in [0.5, 0.6) is 0 Å². The molecular formula is C18H27N3O2. The first-order valence-corrected chi connectivity index (χ1v) is 8.89. The predicted octanol–water partition coefficient (Wildman–Crippen LogP) is 3.22. The maximum Gasteiger partial charge on any atom is 0.227 e. The molecule has 0 aliphatic carbocycles. The van der Waals surface area contributed by atoms with E-state index in [1.54, 1.807) is 6.20 Å². The molecule has 2 aliphatic rings. The second-order valence-corrected chi connectivity index (χ2v) is 6.53. The lowest BCUT2D eigenvalue weighted by atomic mass is 9.99. The lowest BCUT2D eigenvalue weighted by Gasteiger charge is -2.36. The molecule has 1 aromatic rings. The van der Waals surface area contributed by atoms with Crippen molar-refractivity contribution in [3.05, 3.63) is 18.3 Å². The van der Waals surface area contributed by atoms with Crippen molar-refractivity contribution in [2.45, 2.75) is 51.5 Å². The Kier molecular flexibility index (Phi) is 5.49. The summed E-state index contributed by atoms with van der Waals surface area (Å²) >= 11 is 0. The molecule has 2 aliphatic heterocycles. The summed E-state index contributed by atoms with van der Waals surface area (Å²) in [6.45, 7) is 4.69. The van der Waals surface area contributed by atoms with Gasteiger partial charge in [0.05, 0.1) is 11.9 Å². The molecule has 126 valence electrons. The van der Waals surface area contributed by atoms with Crippen LogP contribution >= 0.6 is 0 Å². The summed E-state index contributed by atoms with van der Waals surface area (Å²) in [6, 6.07) is 4.60. The average molecular weight is 317 g/mol. The summed E-state index contributed by atoms with van der Waals surface area (Å²) in [4.78, 5) is 19.2. The molecule has 2 fully saturated rings. The molecule has 0 aromatic carbocycles.